The summed E-state index contributed by atoms with van der Waals surface area (Å²) in [5.74, 6) is -0.420. The van der Waals surface area contributed by atoms with Crippen LogP contribution in [0.25, 0.3) is 0 Å². The number of nitrogens with two attached hydrogens (primary N) is 1. The first-order valence-corrected chi connectivity index (χ1v) is 6.50. The SMILES string of the molecule is CCOc1ccc(NC(=O)CCCC(C)N)cc1F. The van der Waals surface area contributed by atoms with E-state index in [0.717, 1.165) is 12.8 Å². The summed E-state index contributed by atoms with van der Waals surface area (Å²) in [5, 5.41) is 2.65. The van der Waals surface area contributed by atoms with Gasteiger partial charge in [0.2, 0.25) is 5.91 Å². The van der Waals surface area contributed by atoms with Crippen molar-refractivity contribution in [3.63, 3.8) is 0 Å². The van der Waals surface area contributed by atoms with Crippen molar-refractivity contribution in [3.8, 4) is 5.75 Å². The highest BCUT2D eigenvalue weighted by molar-refractivity contribution is 5.90. The van der Waals surface area contributed by atoms with E-state index in [1.54, 1.807) is 13.0 Å². The molecule has 1 atom stereocenters. The van der Waals surface area contributed by atoms with Gasteiger partial charge in [0.05, 0.1) is 6.61 Å². The Labute approximate surface area is 113 Å². The number of amides is 1. The average Bonchev–Trinajstić information content (AvgIpc) is 2.32. The summed E-state index contributed by atoms with van der Waals surface area (Å²) in [6.07, 6.45) is 1.91. The van der Waals surface area contributed by atoms with Crippen LogP contribution >= 0.6 is 0 Å². The quantitative estimate of drug-likeness (QED) is 0.799. The van der Waals surface area contributed by atoms with E-state index in [-0.39, 0.29) is 17.7 Å². The lowest BCUT2D eigenvalue weighted by atomic mass is 10.1. The Morgan fingerprint density at radius 2 is 2.26 bits per heavy atom. The molecule has 4 nitrogen and oxygen atoms in total. The van der Waals surface area contributed by atoms with Crippen molar-refractivity contribution >= 4 is 11.6 Å². The van der Waals surface area contributed by atoms with Crippen LogP contribution in [0.2, 0.25) is 0 Å². The number of carbonyl (C=O) groups excluding carboxylic acids is 1. The van der Waals surface area contributed by atoms with Crippen molar-refractivity contribution in [3.05, 3.63) is 24.0 Å². The molecule has 0 saturated carbocycles. The minimum Gasteiger partial charge on any atom is -0.491 e. The number of halogens is 1. The zero-order valence-corrected chi connectivity index (χ0v) is 11.4. The van der Waals surface area contributed by atoms with Gasteiger partial charge in [0.1, 0.15) is 0 Å². The minimum atomic E-state index is -0.477. The van der Waals surface area contributed by atoms with Crippen LogP contribution in [0.1, 0.15) is 33.1 Å². The fourth-order valence-corrected chi connectivity index (χ4v) is 1.66. The molecule has 0 bridgehead atoms. The summed E-state index contributed by atoms with van der Waals surface area (Å²) >= 11 is 0. The summed E-state index contributed by atoms with van der Waals surface area (Å²) in [7, 11) is 0. The second-order valence-corrected chi connectivity index (χ2v) is 4.50. The van der Waals surface area contributed by atoms with Gasteiger partial charge in [0, 0.05) is 24.2 Å². The van der Waals surface area contributed by atoms with E-state index in [1.807, 2.05) is 6.92 Å². The number of nitrogens with one attached hydrogen (secondary N) is 1. The predicted molar refractivity (Wildman–Crippen MR) is 73.7 cm³/mol. The Morgan fingerprint density at radius 3 is 2.84 bits per heavy atom. The van der Waals surface area contributed by atoms with E-state index in [1.165, 1.54) is 12.1 Å². The fraction of sp³-hybridized carbons (Fsp3) is 0.500. The van der Waals surface area contributed by atoms with Crippen LogP contribution in [-0.2, 0) is 4.79 Å². The molecule has 106 valence electrons. The van der Waals surface area contributed by atoms with Crippen LogP contribution in [-0.4, -0.2) is 18.6 Å². The second kappa shape index (κ2) is 7.74. The van der Waals surface area contributed by atoms with Crippen molar-refractivity contribution in [1.29, 1.82) is 0 Å². The van der Waals surface area contributed by atoms with Crippen molar-refractivity contribution in [2.45, 2.75) is 39.2 Å². The summed E-state index contributed by atoms with van der Waals surface area (Å²) in [6.45, 7) is 4.09. The molecular weight excluding hydrogens is 247 g/mol. The summed E-state index contributed by atoms with van der Waals surface area (Å²) in [5.41, 5.74) is 6.04. The Hall–Kier alpha value is -1.62. The smallest absolute Gasteiger partial charge is 0.224 e. The number of hydrogen-bond donors (Lipinski definition) is 2. The van der Waals surface area contributed by atoms with Gasteiger partial charge < -0.3 is 15.8 Å². The van der Waals surface area contributed by atoms with Crippen LogP contribution < -0.4 is 15.8 Å². The Bertz CT molecular complexity index is 422. The minimum absolute atomic E-state index is 0.0933. The van der Waals surface area contributed by atoms with Crippen LogP contribution in [0.5, 0.6) is 5.75 Å². The molecule has 1 unspecified atom stereocenters. The van der Waals surface area contributed by atoms with Crippen molar-refractivity contribution in [2.24, 2.45) is 5.73 Å². The number of rotatable bonds is 7. The molecule has 1 rings (SSSR count). The third-order valence-electron chi connectivity index (χ3n) is 2.58. The molecule has 0 heterocycles. The Morgan fingerprint density at radius 1 is 1.53 bits per heavy atom. The Balaban J connectivity index is 2.48. The predicted octanol–water partition coefficient (Wildman–Crippen LogP) is 2.68. The molecular formula is C14H21FN2O2. The van der Waals surface area contributed by atoms with E-state index < -0.39 is 5.82 Å². The van der Waals surface area contributed by atoms with Gasteiger partial charge in [-0.2, -0.15) is 0 Å². The molecule has 0 aromatic heterocycles. The first-order valence-electron chi connectivity index (χ1n) is 6.50. The van der Waals surface area contributed by atoms with Gasteiger partial charge in [-0.15, -0.1) is 0 Å². The molecule has 0 saturated heterocycles. The normalized spacial score (nSPS) is 12.0. The lowest BCUT2D eigenvalue weighted by Crippen LogP contribution is -2.16. The maximum Gasteiger partial charge on any atom is 0.224 e. The van der Waals surface area contributed by atoms with Gasteiger partial charge in [0.15, 0.2) is 11.6 Å². The summed E-state index contributed by atoms with van der Waals surface area (Å²) in [6, 6.07) is 4.48. The molecule has 5 heteroatoms. The molecule has 0 spiro atoms. The third kappa shape index (κ3) is 5.70. The average molecular weight is 268 g/mol. The molecule has 0 fully saturated rings. The largest absolute Gasteiger partial charge is 0.491 e. The molecule has 0 radical (unpaired) electrons. The lowest BCUT2D eigenvalue weighted by Gasteiger charge is -2.09. The van der Waals surface area contributed by atoms with Crippen molar-refractivity contribution < 1.29 is 13.9 Å². The molecule has 1 aromatic carbocycles. The van der Waals surface area contributed by atoms with Crippen LogP contribution in [0.4, 0.5) is 10.1 Å². The molecule has 0 aliphatic carbocycles. The van der Waals surface area contributed by atoms with Crippen LogP contribution in [0.3, 0.4) is 0 Å². The van der Waals surface area contributed by atoms with Gasteiger partial charge in [-0.3, -0.25) is 4.79 Å². The van der Waals surface area contributed by atoms with Gasteiger partial charge >= 0.3 is 0 Å². The summed E-state index contributed by atoms with van der Waals surface area (Å²) in [4.78, 5) is 11.6. The lowest BCUT2D eigenvalue weighted by molar-refractivity contribution is -0.116. The van der Waals surface area contributed by atoms with Crippen molar-refractivity contribution in [2.75, 3.05) is 11.9 Å². The maximum absolute atomic E-state index is 13.6. The van der Waals surface area contributed by atoms with E-state index in [2.05, 4.69) is 5.32 Å². The standard InChI is InChI=1S/C14H21FN2O2/c1-3-19-13-8-7-11(9-12(13)15)17-14(18)6-4-5-10(2)16/h7-10H,3-6,16H2,1-2H3,(H,17,18). The topological polar surface area (TPSA) is 64.3 Å². The third-order valence-corrected chi connectivity index (χ3v) is 2.58. The number of carbonyl (C=O) groups is 1. The second-order valence-electron chi connectivity index (χ2n) is 4.50. The van der Waals surface area contributed by atoms with Crippen LogP contribution in [0.15, 0.2) is 18.2 Å². The number of hydrogen-bond acceptors (Lipinski definition) is 3. The monoisotopic (exact) mass is 268 g/mol. The van der Waals surface area contributed by atoms with E-state index in [4.69, 9.17) is 10.5 Å². The molecule has 0 aliphatic rings. The van der Waals surface area contributed by atoms with Gasteiger partial charge in [-0.05, 0) is 38.8 Å². The zero-order valence-electron chi connectivity index (χ0n) is 11.4. The maximum atomic E-state index is 13.6. The number of benzene rings is 1. The zero-order chi connectivity index (χ0) is 14.3. The molecule has 3 N–H and O–H groups in total. The van der Waals surface area contributed by atoms with E-state index in [0.29, 0.717) is 18.7 Å². The first-order chi connectivity index (χ1) is 9.02. The summed E-state index contributed by atoms with van der Waals surface area (Å²) < 4.78 is 18.6. The molecule has 1 amide bonds. The highest BCUT2D eigenvalue weighted by Gasteiger charge is 2.07. The number of anilines is 1. The van der Waals surface area contributed by atoms with Gasteiger partial charge in [-0.25, -0.2) is 4.39 Å². The number of ether oxygens (including phenoxy) is 1. The molecule has 19 heavy (non-hydrogen) atoms. The van der Waals surface area contributed by atoms with Crippen LogP contribution in [0, 0.1) is 5.82 Å². The van der Waals surface area contributed by atoms with Gasteiger partial charge in [-0.1, -0.05) is 0 Å². The molecule has 0 aliphatic heterocycles. The Kier molecular flexibility index (Phi) is 6.29. The van der Waals surface area contributed by atoms with Crippen molar-refractivity contribution in [1.82, 2.24) is 0 Å². The highest BCUT2D eigenvalue weighted by Crippen LogP contribution is 2.21. The first kappa shape index (κ1) is 15.4. The molecule has 1 aromatic rings. The van der Waals surface area contributed by atoms with Gasteiger partial charge in [0.25, 0.3) is 0 Å². The van der Waals surface area contributed by atoms with E-state index in [9.17, 15) is 9.18 Å². The fourth-order valence-electron chi connectivity index (χ4n) is 1.66. The van der Waals surface area contributed by atoms with E-state index >= 15 is 0 Å². The highest BCUT2D eigenvalue weighted by atomic mass is 19.1.